The van der Waals surface area contributed by atoms with Crippen molar-refractivity contribution in [3.63, 3.8) is 0 Å². The highest BCUT2D eigenvalue weighted by Crippen LogP contribution is 2.17. The molecule has 0 aromatic rings. The van der Waals surface area contributed by atoms with Crippen LogP contribution in [-0.2, 0) is 19.1 Å². The van der Waals surface area contributed by atoms with E-state index >= 15 is 0 Å². The molecule has 0 rings (SSSR count). The second-order valence-corrected chi connectivity index (χ2v) is 19.3. The zero-order chi connectivity index (χ0) is 49.2. The van der Waals surface area contributed by atoms with Gasteiger partial charge in [-0.3, -0.25) is 9.59 Å². The number of rotatable bonds is 53. The molecule has 0 aromatic heterocycles. The summed E-state index contributed by atoms with van der Waals surface area (Å²) in [6.45, 7) is 4.05. The van der Waals surface area contributed by atoms with Crippen LogP contribution in [0.25, 0.3) is 0 Å². The van der Waals surface area contributed by atoms with E-state index in [9.17, 15) is 14.7 Å². The van der Waals surface area contributed by atoms with E-state index < -0.39 is 6.10 Å². The van der Waals surface area contributed by atoms with E-state index in [0.717, 1.165) is 83.5 Å². The Morgan fingerprint density at radius 3 is 0.956 bits per heavy atom. The van der Waals surface area contributed by atoms with E-state index in [1.165, 1.54) is 173 Å². The first-order valence-electron chi connectivity index (χ1n) is 29.1. The number of unbranched alkanes of at least 4 members (excludes halogenated alkanes) is 31. The molecular formula is C63H110O5. The van der Waals surface area contributed by atoms with Gasteiger partial charge in [-0.25, -0.2) is 0 Å². The van der Waals surface area contributed by atoms with Crippen LogP contribution in [0.4, 0.5) is 0 Å². The van der Waals surface area contributed by atoms with Crippen LogP contribution < -0.4 is 0 Å². The van der Waals surface area contributed by atoms with Gasteiger partial charge < -0.3 is 14.6 Å². The Morgan fingerprint density at radius 1 is 0.353 bits per heavy atom. The van der Waals surface area contributed by atoms with Gasteiger partial charge in [-0.2, -0.15) is 0 Å². The van der Waals surface area contributed by atoms with Crippen LogP contribution in [0.15, 0.2) is 85.1 Å². The van der Waals surface area contributed by atoms with Gasteiger partial charge in [-0.1, -0.05) is 285 Å². The minimum Gasteiger partial charge on any atom is -0.462 e. The summed E-state index contributed by atoms with van der Waals surface area (Å²) in [6.07, 6.45) is 81.4. The number of carbonyl (C=O) groups is 2. The third kappa shape index (κ3) is 55.7. The van der Waals surface area contributed by atoms with Gasteiger partial charge in [-0.15, -0.1) is 0 Å². The minimum atomic E-state index is -0.771. The summed E-state index contributed by atoms with van der Waals surface area (Å²) >= 11 is 0. The number of aliphatic hydroxyl groups excluding tert-OH is 1. The molecule has 0 saturated heterocycles. The molecule has 0 aliphatic rings. The molecule has 392 valence electrons. The SMILES string of the molecule is CC/C=C\C/C=C\C/C=C\C/C=C\C/C=C\C/C=C\C/C=C\CCCCCCCCCCCCCCCCCCCC(=O)OC(CO)COC(=O)CCCCCCCCCCCCCCCCC. The van der Waals surface area contributed by atoms with Gasteiger partial charge in [-0.05, 0) is 70.6 Å². The molecule has 1 N–H and O–H groups in total. The van der Waals surface area contributed by atoms with E-state index in [-0.39, 0.29) is 25.2 Å². The first-order valence-corrected chi connectivity index (χ1v) is 29.1. The normalized spacial score (nSPS) is 12.8. The third-order valence-electron chi connectivity index (χ3n) is 12.7. The first-order chi connectivity index (χ1) is 33.6. The standard InChI is InChI=1S/C63H110O5/c1-3-5-7-9-11-13-15-17-19-20-21-22-23-24-25-26-27-28-29-30-31-32-33-34-35-36-37-38-39-40-41-42-44-46-48-50-52-54-56-58-63(66)68-61(59-64)60-67-62(65)57-55-53-51-49-47-45-43-18-16-14-12-10-8-6-4-2/h5,7,11,13,17,19,21-22,24-25,27-28,30-31,61,64H,3-4,6,8-10,12,14-16,18,20,23,26,29,32-60H2,1-2H3/b7-5-,13-11-,19-17-,22-21-,25-24-,28-27-,31-30-. The van der Waals surface area contributed by atoms with Crippen LogP contribution in [0.2, 0.25) is 0 Å². The Morgan fingerprint density at radius 2 is 0.632 bits per heavy atom. The monoisotopic (exact) mass is 947 g/mol. The van der Waals surface area contributed by atoms with Crippen molar-refractivity contribution in [2.45, 2.75) is 290 Å². The van der Waals surface area contributed by atoms with Crippen molar-refractivity contribution in [1.82, 2.24) is 0 Å². The number of aliphatic hydroxyl groups is 1. The summed E-state index contributed by atoms with van der Waals surface area (Å²) in [6, 6.07) is 0. The number of esters is 2. The number of hydrogen-bond acceptors (Lipinski definition) is 5. The van der Waals surface area contributed by atoms with Gasteiger partial charge in [0, 0.05) is 12.8 Å². The smallest absolute Gasteiger partial charge is 0.306 e. The molecule has 0 fully saturated rings. The third-order valence-corrected chi connectivity index (χ3v) is 12.7. The summed E-state index contributed by atoms with van der Waals surface area (Å²) in [5.74, 6) is -0.579. The zero-order valence-corrected chi connectivity index (χ0v) is 44.9. The predicted octanol–water partition coefficient (Wildman–Crippen LogP) is 19.8. The van der Waals surface area contributed by atoms with Gasteiger partial charge in [0.1, 0.15) is 6.61 Å². The molecule has 5 heteroatoms. The van der Waals surface area contributed by atoms with Crippen LogP contribution in [0, 0.1) is 0 Å². The second kappa shape index (κ2) is 58.4. The van der Waals surface area contributed by atoms with E-state index in [2.05, 4.69) is 98.9 Å². The lowest BCUT2D eigenvalue weighted by Crippen LogP contribution is -2.28. The molecule has 0 radical (unpaired) electrons. The van der Waals surface area contributed by atoms with E-state index in [1.807, 2.05) is 0 Å². The van der Waals surface area contributed by atoms with Gasteiger partial charge in [0.2, 0.25) is 0 Å². The van der Waals surface area contributed by atoms with E-state index in [0.29, 0.717) is 12.8 Å². The van der Waals surface area contributed by atoms with Gasteiger partial charge in [0.15, 0.2) is 6.10 Å². The Kier molecular flexibility index (Phi) is 55.9. The number of ether oxygens (including phenoxy) is 2. The van der Waals surface area contributed by atoms with Gasteiger partial charge in [0.05, 0.1) is 6.61 Å². The summed E-state index contributed by atoms with van der Waals surface area (Å²) in [5, 5.41) is 9.64. The quantitative estimate of drug-likeness (QED) is 0.0374. The largest absolute Gasteiger partial charge is 0.462 e. The fourth-order valence-corrected chi connectivity index (χ4v) is 8.36. The van der Waals surface area contributed by atoms with Crippen molar-refractivity contribution in [3.8, 4) is 0 Å². The average Bonchev–Trinajstić information content (AvgIpc) is 3.34. The minimum absolute atomic E-state index is 0.0629. The molecule has 0 amide bonds. The number of carbonyl (C=O) groups excluding carboxylic acids is 2. The molecule has 0 spiro atoms. The maximum Gasteiger partial charge on any atom is 0.306 e. The highest BCUT2D eigenvalue weighted by molar-refractivity contribution is 5.70. The molecule has 0 saturated carbocycles. The van der Waals surface area contributed by atoms with Crippen LogP contribution in [-0.4, -0.2) is 36.4 Å². The molecule has 0 aromatic carbocycles. The second-order valence-electron chi connectivity index (χ2n) is 19.3. The van der Waals surface area contributed by atoms with Crippen LogP contribution in [0.1, 0.15) is 284 Å². The molecule has 0 aliphatic carbocycles. The summed E-state index contributed by atoms with van der Waals surface area (Å²) in [4.78, 5) is 24.5. The summed E-state index contributed by atoms with van der Waals surface area (Å²) < 4.78 is 10.7. The fourth-order valence-electron chi connectivity index (χ4n) is 8.36. The molecule has 5 nitrogen and oxygen atoms in total. The lowest BCUT2D eigenvalue weighted by molar-refractivity contribution is -0.161. The fraction of sp³-hybridized carbons (Fsp3) is 0.746. The molecule has 0 bridgehead atoms. The van der Waals surface area contributed by atoms with Crippen molar-refractivity contribution < 1.29 is 24.2 Å². The van der Waals surface area contributed by atoms with Crippen molar-refractivity contribution in [2.75, 3.05) is 13.2 Å². The number of allylic oxidation sites excluding steroid dienone is 14. The van der Waals surface area contributed by atoms with Crippen LogP contribution >= 0.6 is 0 Å². The van der Waals surface area contributed by atoms with Gasteiger partial charge >= 0.3 is 11.9 Å². The molecule has 0 aliphatic heterocycles. The van der Waals surface area contributed by atoms with Crippen molar-refractivity contribution in [2.24, 2.45) is 0 Å². The van der Waals surface area contributed by atoms with Crippen molar-refractivity contribution >= 4 is 11.9 Å². The Balaban J connectivity index is 3.46. The van der Waals surface area contributed by atoms with Crippen LogP contribution in [0.3, 0.4) is 0 Å². The molecule has 0 heterocycles. The topological polar surface area (TPSA) is 72.8 Å². The maximum absolute atomic E-state index is 12.3. The lowest BCUT2D eigenvalue weighted by atomic mass is 10.0. The van der Waals surface area contributed by atoms with Crippen LogP contribution in [0.5, 0.6) is 0 Å². The van der Waals surface area contributed by atoms with E-state index in [4.69, 9.17) is 9.47 Å². The Hall–Kier alpha value is -2.92. The molecular weight excluding hydrogens is 837 g/mol. The Bertz CT molecular complexity index is 1250. The zero-order valence-electron chi connectivity index (χ0n) is 44.9. The summed E-state index contributed by atoms with van der Waals surface area (Å²) in [7, 11) is 0. The maximum atomic E-state index is 12.3. The van der Waals surface area contributed by atoms with Gasteiger partial charge in [0.25, 0.3) is 0 Å². The molecule has 1 unspecified atom stereocenters. The molecule has 1 atom stereocenters. The highest BCUT2D eigenvalue weighted by atomic mass is 16.6. The molecule has 68 heavy (non-hydrogen) atoms. The Labute approximate surface area is 422 Å². The highest BCUT2D eigenvalue weighted by Gasteiger charge is 2.16. The first kappa shape index (κ1) is 65.1. The lowest BCUT2D eigenvalue weighted by Gasteiger charge is -2.15. The summed E-state index contributed by atoms with van der Waals surface area (Å²) in [5.41, 5.74) is 0. The van der Waals surface area contributed by atoms with Crippen molar-refractivity contribution in [3.05, 3.63) is 85.1 Å². The number of hydrogen-bond donors (Lipinski definition) is 1. The van der Waals surface area contributed by atoms with Crippen molar-refractivity contribution in [1.29, 1.82) is 0 Å². The van der Waals surface area contributed by atoms with E-state index in [1.54, 1.807) is 0 Å². The predicted molar refractivity (Wildman–Crippen MR) is 297 cm³/mol. The average molecular weight is 948 g/mol.